The zero-order chi connectivity index (χ0) is 53.5. The number of pyridine rings is 1. The number of amides is 1. The van der Waals surface area contributed by atoms with Gasteiger partial charge in [0.2, 0.25) is 10.0 Å². The molecule has 19 nitrogen and oxygen atoms in total. The Morgan fingerprint density at radius 2 is 1.71 bits per heavy atom. The molecule has 76 heavy (non-hydrogen) atoms. The molecule has 22 heteroatoms. The van der Waals surface area contributed by atoms with Gasteiger partial charge in [-0.2, -0.15) is 9.29 Å². The number of ether oxygens (including phenoxy) is 3. The number of halogens is 1. The summed E-state index contributed by atoms with van der Waals surface area (Å²) in [5.74, 6) is -1.59. The first-order chi connectivity index (χ1) is 36.2. The van der Waals surface area contributed by atoms with Gasteiger partial charge in [0.1, 0.15) is 23.8 Å². The first-order valence-corrected chi connectivity index (χ1v) is 29.3. The standard InChI is InChI=1S/C54H65FN8O11S2/c1-32(2)38-7-5-6-8-39(38)45-30-61(76(70,71)36-10-11-36)21-22-62(45)35-27-54(28-35)17-19-60(20-18-54)34-9-12-40(46(23-34)74-48-26-41-42(55)29-56-50(41)58-52(48)72-4)51(64)59-75(68,69)37-24-44(63(66)67)49-47(25-37)73-31-43(57-49)33-13-15-53(3,65)16-14-33/h5-9,12,23-26,29,32-33,35-36,43,45,57,65H,10-11,13-22,27-28,30-31H2,1-4H3,(H,56,58)(H,59,64)/t33-,43-,45+,53-/m1/s1. The first-order valence-electron chi connectivity index (χ1n) is 26.3. The summed E-state index contributed by atoms with van der Waals surface area (Å²) in [4.78, 5) is 37.4. The van der Waals surface area contributed by atoms with E-state index in [1.54, 1.807) is 23.4 Å². The third-order valence-corrected chi connectivity index (χ3v) is 20.7. The minimum Gasteiger partial charge on any atom is -0.489 e. The van der Waals surface area contributed by atoms with E-state index in [4.69, 9.17) is 14.2 Å². The van der Waals surface area contributed by atoms with Crippen molar-refractivity contribution in [2.24, 2.45) is 11.3 Å². The summed E-state index contributed by atoms with van der Waals surface area (Å²) in [6, 6.07) is 16.5. The van der Waals surface area contributed by atoms with E-state index >= 15 is 0 Å². The van der Waals surface area contributed by atoms with E-state index in [-0.39, 0.29) is 92.6 Å². The van der Waals surface area contributed by atoms with Gasteiger partial charge in [-0.1, -0.05) is 38.1 Å². The van der Waals surface area contributed by atoms with Crippen LogP contribution in [-0.4, -0.2) is 121 Å². The quantitative estimate of drug-likeness (QED) is 0.0604. The molecule has 0 radical (unpaired) electrons. The Kier molecular flexibility index (Phi) is 13.5. The van der Waals surface area contributed by atoms with Crippen LogP contribution in [0.3, 0.4) is 0 Å². The lowest BCUT2D eigenvalue weighted by Gasteiger charge is -2.58. The predicted octanol–water partition coefficient (Wildman–Crippen LogP) is 8.37. The van der Waals surface area contributed by atoms with Crippen LogP contribution in [0.2, 0.25) is 0 Å². The Morgan fingerprint density at radius 3 is 2.41 bits per heavy atom. The molecule has 2 atom stereocenters. The average molecular weight is 1090 g/mol. The molecule has 3 aliphatic heterocycles. The van der Waals surface area contributed by atoms with Crippen molar-refractivity contribution in [2.45, 2.75) is 125 Å². The fraction of sp³-hybridized carbons (Fsp3) is 0.519. The van der Waals surface area contributed by atoms with Crippen molar-refractivity contribution in [1.82, 2.24) is 23.9 Å². The van der Waals surface area contributed by atoms with Gasteiger partial charge >= 0.3 is 0 Å². The minimum absolute atomic E-state index is 0.0307. The third-order valence-electron chi connectivity index (χ3n) is 17.0. The minimum atomic E-state index is -4.79. The number of piperidine rings is 1. The smallest absolute Gasteiger partial charge is 0.297 e. The van der Waals surface area contributed by atoms with Crippen molar-refractivity contribution in [1.29, 1.82) is 0 Å². The molecule has 6 aliphatic rings. The molecule has 5 heterocycles. The summed E-state index contributed by atoms with van der Waals surface area (Å²) >= 11 is 0. The molecule has 3 aliphatic carbocycles. The van der Waals surface area contributed by atoms with Gasteiger partial charge in [-0.15, -0.1) is 0 Å². The van der Waals surface area contributed by atoms with E-state index in [0.717, 1.165) is 56.9 Å². The normalized spacial score (nSPS) is 24.4. The van der Waals surface area contributed by atoms with Crippen LogP contribution in [0.15, 0.2) is 71.8 Å². The molecule has 3 saturated carbocycles. The summed E-state index contributed by atoms with van der Waals surface area (Å²) in [5, 5.41) is 26.0. The Morgan fingerprint density at radius 1 is 0.974 bits per heavy atom. The number of benzene rings is 3. The van der Waals surface area contributed by atoms with Crippen LogP contribution in [0.25, 0.3) is 11.0 Å². The average Bonchev–Trinajstić information content (AvgIpc) is 4.22. The van der Waals surface area contributed by atoms with Gasteiger partial charge in [0.05, 0.1) is 44.8 Å². The lowest BCUT2D eigenvalue weighted by molar-refractivity contribution is -0.384. The van der Waals surface area contributed by atoms with Gasteiger partial charge < -0.3 is 34.5 Å². The monoisotopic (exact) mass is 1080 g/mol. The zero-order valence-corrected chi connectivity index (χ0v) is 44.7. The molecular weight excluding hydrogens is 1020 g/mol. The molecule has 2 saturated heterocycles. The topological polar surface area (TPSA) is 239 Å². The number of sulfonamides is 2. The number of nitro benzene ring substituents is 1. The van der Waals surface area contributed by atoms with Crippen LogP contribution >= 0.6 is 0 Å². The Labute approximate surface area is 441 Å². The van der Waals surface area contributed by atoms with E-state index < -0.39 is 52.9 Å². The van der Waals surface area contributed by atoms with Crippen LogP contribution in [0.1, 0.15) is 118 Å². The Balaban J connectivity index is 0.827. The maximum atomic E-state index is 14.9. The number of nitrogens with zero attached hydrogens (tertiary/aromatic N) is 5. The number of carbonyl (C=O) groups is 1. The van der Waals surface area contributed by atoms with Crippen molar-refractivity contribution in [3.8, 4) is 23.1 Å². The summed E-state index contributed by atoms with van der Waals surface area (Å²) < 4.78 is 92.0. The third kappa shape index (κ3) is 9.94. The number of aromatic nitrogens is 2. The van der Waals surface area contributed by atoms with Crippen LogP contribution in [-0.2, 0) is 20.0 Å². The molecule has 11 rings (SSSR count). The fourth-order valence-corrected chi connectivity index (χ4v) is 15.3. The van der Waals surface area contributed by atoms with Crippen molar-refractivity contribution < 1.29 is 50.3 Å². The molecule has 0 bridgehead atoms. The van der Waals surface area contributed by atoms with Gasteiger partial charge in [-0.25, -0.2) is 25.9 Å². The van der Waals surface area contributed by atoms with Crippen molar-refractivity contribution in [3.63, 3.8) is 0 Å². The predicted molar refractivity (Wildman–Crippen MR) is 283 cm³/mol. The molecule has 2 aromatic heterocycles. The highest BCUT2D eigenvalue weighted by molar-refractivity contribution is 7.90. The Bertz CT molecular complexity index is 3310. The van der Waals surface area contributed by atoms with E-state index in [1.807, 2.05) is 0 Å². The van der Waals surface area contributed by atoms with Gasteiger partial charge in [-0.3, -0.25) is 19.8 Å². The van der Waals surface area contributed by atoms with Crippen LogP contribution in [0, 0.1) is 27.3 Å². The van der Waals surface area contributed by atoms with Crippen LogP contribution in [0.5, 0.6) is 23.1 Å². The maximum absolute atomic E-state index is 14.9. The highest BCUT2D eigenvalue weighted by Crippen LogP contribution is 2.54. The summed E-state index contributed by atoms with van der Waals surface area (Å²) in [6.45, 7) is 9.18. The van der Waals surface area contributed by atoms with E-state index in [2.05, 4.69) is 67.9 Å². The van der Waals surface area contributed by atoms with E-state index in [9.17, 15) is 41.2 Å². The highest BCUT2D eigenvalue weighted by Gasteiger charge is 2.52. The number of rotatable bonds is 14. The van der Waals surface area contributed by atoms with Crippen molar-refractivity contribution in [3.05, 3.63) is 99.5 Å². The number of H-pyrrole nitrogens is 1. The number of nitro groups is 1. The van der Waals surface area contributed by atoms with Gasteiger partial charge in [-0.05, 0) is 112 Å². The number of aliphatic hydroxyl groups is 1. The molecule has 1 amide bonds. The maximum Gasteiger partial charge on any atom is 0.297 e. The van der Waals surface area contributed by atoms with E-state index in [1.165, 1.54) is 30.4 Å². The first kappa shape index (κ1) is 52.0. The largest absolute Gasteiger partial charge is 0.489 e. The lowest BCUT2D eigenvalue weighted by atomic mass is 9.59. The second-order valence-corrected chi connectivity index (χ2v) is 26.3. The van der Waals surface area contributed by atoms with Crippen molar-refractivity contribution in [2.75, 3.05) is 56.7 Å². The molecule has 4 N–H and O–H groups in total. The van der Waals surface area contributed by atoms with Gasteiger partial charge in [0.25, 0.3) is 27.5 Å². The highest BCUT2D eigenvalue weighted by atomic mass is 32.2. The molecule has 0 unspecified atom stereocenters. The van der Waals surface area contributed by atoms with E-state index in [0.29, 0.717) is 64.1 Å². The van der Waals surface area contributed by atoms with Crippen LogP contribution < -0.4 is 29.1 Å². The van der Waals surface area contributed by atoms with Gasteiger partial charge in [0.15, 0.2) is 17.2 Å². The van der Waals surface area contributed by atoms with Gasteiger partial charge in [0, 0.05) is 81.0 Å². The Hall–Kier alpha value is -6.07. The molecule has 5 aromatic rings. The number of anilines is 2. The number of hydrogen-bond acceptors (Lipinski definition) is 15. The second kappa shape index (κ2) is 19.7. The molecule has 5 fully saturated rings. The molecule has 406 valence electrons. The summed E-state index contributed by atoms with van der Waals surface area (Å²) in [7, 11) is -6.78. The van der Waals surface area contributed by atoms with Crippen LogP contribution in [0.4, 0.5) is 21.5 Å². The second-order valence-electron chi connectivity index (χ2n) is 22.4. The number of nitrogens with one attached hydrogen (secondary N) is 3. The number of piperazine rings is 1. The molecule has 1 spiro atoms. The summed E-state index contributed by atoms with van der Waals surface area (Å²) in [6.07, 6.45) is 8.78. The number of methoxy groups -OCH3 is 1. The number of aromatic amines is 1. The fourth-order valence-electron chi connectivity index (χ4n) is 12.4. The number of carbonyl (C=O) groups excluding carboxylic acids is 1. The van der Waals surface area contributed by atoms with Crippen molar-refractivity contribution >= 4 is 54.0 Å². The number of hydrogen-bond donors (Lipinski definition) is 4. The SMILES string of the molecule is COc1nc2[nH]cc(F)c2cc1Oc1cc(N2CCC3(CC2)CC(N2CCN(S(=O)(=O)C4CC4)C[C@H]2c2ccccc2C(C)C)C3)ccc1C(=O)NS(=O)(=O)c1cc2c(c([N+](=O)[O-])c1)N[C@@H]([C@H]1CC[C@](C)(O)CC1)CO2. The molecule has 3 aromatic carbocycles. The number of fused-ring (bicyclic) bond motifs is 2. The zero-order valence-electron chi connectivity index (χ0n) is 43.1. The summed E-state index contributed by atoms with van der Waals surface area (Å²) in [5.41, 5.74) is 1.88. The molecular formula is C54H65FN8O11S2. The lowest BCUT2D eigenvalue weighted by Crippen LogP contribution is -2.60.